The zero-order valence-corrected chi connectivity index (χ0v) is 18.6. The van der Waals surface area contributed by atoms with E-state index in [4.69, 9.17) is 4.74 Å². The number of likely N-dealkylation sites (tertiary alicyclic amines) is 1. The molecule has 0 spiro atoms. The van der Waals surface area contributed by atoms with E-state index in [1.807, 2.05) is 30.3 Å². The maximum Gasteiger partial charge on any atom is 0.248 e. The van der Waals surface area contributed by atoms with Gasteiger partial charge >= 0.3 is 0 Å². The monoisotopic (exact) mass is 456 g/mol. The topological polar surface area (TPSA) is 85.3 Å². The van der Waals surface area contributed by atoms with Gasteiger partial charge in [0.25, 0.3) is 0 Å². The van der Waals surface area contributed by atoms with Crippen molar-refractivity contribution in [3.8, 4) is 5.75 Å². The third-order valence-electron chi connectivity index (χ3n) is 6.38. The zero-order chi connectivity index (χ0) is 23.4. The summed E-state index contributed by atoms with van der Waals surface area (Å²) in [5.74, 6) is -1.62. The SMILES string of the molecule is CN1C[C@@H](Oc2cccc(F)c2)C[C@H](C(=O)NO)[C@H]1C(=O)N1CCN(c2ccccc2)CC1. The average Bonchev–Trinajstić information content (AvgIpc) is 2.83. The lowest BCUT2D eigenvalue weighted by molar-refractivity contribution is -0.151. The minimum atomic E-state index is -0.799. The van der Waals surface area contributed by atoms with E-state index in [0.29, 0.717) is 38.5 Å². The number of likely N-dealkylation sites (N-methyl/N-ethyl adjacent to an activating group) is 1. The first-order valence-electron chi connectivity index (χ1n) is 11.1. The Bertz CT molecular complexity index is 968. The number of carbonyl (C=O) groups is 2. The Balaban J connectivity index is 1.43. The minimum absolute atomic E-state index is 0.136. The van der Waals surface area contributed by atoms with Crippen LogP contribution in [0, 0.1) is 11.7 Å². The fourth-order valence-electron chi connectivity index (χ4n) is 4.75. The van der Waals surface area contributed by atoms with Crippen molar-refractivity contribution in [2.24, 2.45) is 5.92 Å². The molecule has 2 N–H and O–H groups in total. The molecule has 0 saturated carbocycles. The third kappa shape index (κ3) is 5.26. The number of benzene rings is 2. The molecule has 2 aliphatic heterocycles. The van der Waals surface area contributed by atoms with Crippen molar-refractivity contribution in [3.05, 3.63) is 60.4 Å². The molecule has 8 nitrogen and oxygen atoms in total. The Morgan fingerprint density at radius 3 is 2.45 bits per heavy atom. The molecule has 4 rings (SSSR count). The highest BCUT2D eigenvalue weighted by Crippen LogP contribution is 2.28. The van der Waals surface area contributed by atoms with Gasteiger partial charge in [-0.2, -0.15) is 0 Å². The lowest BCUT2D eigenvalue weighted by Gasteiger charge is -2.44. The molecule has 2 aromatic carbocycles. The molecule has 9 heteroatoms. The van der Waals surface area contributed by atoms with Crippen LogP contribution < -0.4 is 15.1 Å². The molecule has 0 unspecified atom stereocenters. The van der Waals surface area contributed by atoms with Gasteiger partial charge in [-0.25, -0.2) is 9.87 Å². The van der Waals surface area contributed by atoms with Crippen molar-refractivity contribution in [3.63, 3.8) is 0 Å². The van der Waals surface area contributed by atoms with Crippen LogP contribution in [0.15, 0.2) is 54.6 Å². The number of hydrogen-bond acceptors (Lipinski definition) is 6. The van der Waals surface area contributed by atoms with Gasteiger partial charge in [0.05, 0.1) is 5.92 Å². The largest absolute Gasteiger partial charge is 0.489 e. The van der Waals surface area contributed by atoms with Gasteiger partial charge in [0.15, 0.2) is 0 Å². The van der Waals surface area contributed by atoms with Crippen molar-refractivity contribution in [1.29, 1.82) is 0 Å². The summed E-state index contributed by atoms with van der Waals surface area (Å²) in [6.45, 7) is 2.90. The van der Waals surface area contributed by atoms with Crippen LogP contribution >= 0.6 is 0 Å². The van der Waals surface area contributed by atoms with Gasteiger partial charge < -0.3 is 14.5 Å². The third-order valence-corrected chi connectivity index (χ3v) is 6.38. The van der Waals surface area contributed by atoms with E-state index in [9.17, 15) is 19.2 Å². The Kier molecular flexibility index (Phi) is 7.10. The second-order valence-electron chi connectivity index (χ2n) is 8.55. The molecule has 0 aromatic heterocycles. The Hall–Kier alpha value is -3.17. The molecule has 0 bridgehead atoms. The summed E-state index contributed by atoms with van der Waals surface area (Å²) >= 11 is 0. The highest BCUT2D eigenvalue weighted by atomic mass is 19.1. The fraction of sp³-hybridized carbons (Fsp3) is 0.417. The number of nitrogens with one attached hydrogen (secondary N) is 1. The van der Waals surface area contributed by atoms with Crippen molar-refractivity contribution in [1.82, 2.24) is 15.3 Å². The van der Waals surface area contributed by atoms with Crippen LogP contribution in [0.2, 0.25) is 0 Å². The number of piperidine rings is 1. The van der Waals surface area contributed by atoms with Gasteiger partial charge in [-0.1, -0.05) is 24.3 Å². The van der Waals surface area contributed by atoms with Crippen LogP contribution in [0.4, 0.5) is 10.1 Å². The number of carbonyl (C=O) groups excluding carboxylic acids is 2. The van der Waals surface area contributed by atoms with Crippen LogP contribution in [0.5, 0.6) is 5.75 Å². The van der Waals surface area contributed by atoms with Gasteiger partial charge in [-0.3, -0.25) is 19.7 Å². The Morgan fingerprint density at radius 1 is 1.06 bits per heavy atom. The summed E-state index contributed by atoms with van der Waals surface area (Å²) in [6, 6.07) is 15.1. The molecule has 2 fully saturated rings. The molecule has 0 aliphatic carbocycles. The van der Waals surface area contributed by atoms with E-state index in [0.717, 1.165) is 5.69 Å². The number of amides is 2. The van der Waals surface area contributed by atoms with E-state index in [2.05, 4.69) is 4.90 Å². The summed E-state index contributed by atoms with van der Waals surface area (Å²) < 4.78 is 19.4. The average molecular weight is 457 g/mol. The van der Waals surface area contributed by atoms with E-state index in [1.54, 1.807) is 34.5 Å². The van der Waals surface area contributed by atoms with Crippen LogP contribution in [0.3, 0.4) is 0 Å². The molecule has 0 radical (unpaired) electrons. The molecule has 2 amide bonds. The standard InChI is InChI=1S/C24H29FN4O4/c1-27-16-20(33-19-9-5-6-17(25)14-19)15-21(23(30)26-32)22(27)24(31)29-12-10-28(11-13-29)18-7-3-2-4-8-18/h2-9,14,20-22,32H,10-13,15-16H2,1H3,(H,26,30)/t20-,21-,22-/m0/s1. The number of anilines is 1. The summed E-state index contributed by atoms with van der Waals surface area (Å²) in [5, 5.41) is 9.32. The van der Waals surface area contributed by atoms with E-state index < -0.39 is 29.8 Å². The number of hydroxylamine groups is 1. The second-order valence-corrected chi connectivity index (χ2v) is 8.55. The fourth-order valence-corrected chi connectivity index (χ4v) is 4.75. The van der Waals surface area contributed by atoms with Crippen molar-refractivity contribution < 1.29 is 23.9 Å². The predicted octanol–water partition coefficient (Wildman–Crippen LogP) is 1.75. The first-order chi connectivity index (χ1) is 16.0. The summed E-state index contributed by atoms with van der Waals surface area (Å²) in [4.78, 5) is 31.8. The van der Waals surface area contributed by atoms with Crippen LogP contribution in [0.25, 0.3) is 0 Å². The summed E-state index contributed by atoms with van der Waals surface area (Å²) in [7, 11) is 1.77. The van der Waals surface area contributed by atoms with E-state index in [1.165, 1.54) is 12.1 Å². The number of rotatable bonds is 5. The van der Waals surface area contributed by atoms with Crippen LogP contribution in [-0.4, -0.2) is 78.7 Å². The highest BCUT2D eigenvalue weighted by molar-refractivity contribution is 5.90. The van der Waals surface area contributed by atoms with Gasteiger partial charge in [0.1, 0.15) is 23.7 Å². The summed E-state index contributed by atoms with van der Waals surface area (Å²) in [6.07, 6.45) is -0.203. The van der Waals surface area contributed by atoms with Gasteiger partial charge in [0.2, 0.25) is 11.8 Å². The maximum absolute atomic E-state index is 13.5. The first kappa shape index (κ1) is 23.0. The lowest BCUT2D eigenvalue weighted by atomic mass is 9.86. The van der Waals surface area contributed by atoms with E-state index >= 15 is 0 Å². The maximum atomic E-state index is 13.5. The minimum Gasteiger partial charge on any atom is -0.489 e. The zero-order valence-electron chi connectivity index (χ0n) is 18.6. The number of halogens is 1. The molecule has 2 aliphatic rings. The first-order valence-corrected chi connectivity index (χ1v) is 11.1. The second kappa shape index (κ2) is 10.2. The lowest BCUT2D eigenvalue weighted by Crippen LogP contribution is -2.62. The van der Waals surface area contributed by atoms with Crippen molar-refractivity contribution in [2.45, 2.75) is 18.6 Å². The van der Waals surface area contributed by atoms with E-state index in [-0.39, 0.29) is 12.3 Å². The summed E-state index contributed by atoms with van der Waals surface area (Å²) in [5.41, 5.74) is 2.82. The number of piperazine rings is 1. The molecule has 2 heterocycles. The highest BCUT2D eigenvalue weighted by Gasteiger charge is 2.45. The van der Waals surface area contributed by atoms with Crippen molar-refractivity contribution >= 4 is 17.5 Å². The predicted molar refractivity (Wildman–Crippen MR) is 121 cm³/mol. The number of nitrogens with zero attached hydrogens (tertiary/aromatic N) is 3. The molecule has 176 valence electrons. The Morgan fingerprint density at radius 2 is 1.79 bits per heavy atom. The van der Waals surface area contributed by atoms with Gasteiger partial charge in [-0.15, -0.1) is 0 Å². The quantitative estimate of drug-likeness (QED) is 0.527. The molecular weight excluding hydrogens is 427 g/mol. The van der Waals surface area contributed by atoms with Crippen molar-refractivity contribution in [2.75, 3.05) is 44.7 Å². The smallest absolute Gasteiger partial charge is 0.248 e. The molecule has 2 aromatic rings. The molecule has 3 atom stereocenters. The number of hydrogen-bond donors (Lipinski definition) is 2. The number of ether oxygens (including phenoxy) is 1. The van der Waals surface area contributed by atoms with Gasteiger partial charge in [-0.05, 0) is 37.7 Å². The Labute approximate surface area is 192 Å². The van der Waals surface area contributed by atoms with Crippen LogP contribution in [0.1, 0.15) is 6.42 Å². The number of para-hydroxylation sites is 1. The van der Waals surface area contributed by atoms with Crippen LogP contribution in [-0.2, 0) is 9.59 Å². The molecule has 2 saturated heterocycles. The van der Waals surface area contributed by atoms with Gasteiger partial charge in [0, 0.05) is 44.5 Å². The molecule has 33 heavy (non-hydrogen) atoms. The normalized spacial score (nSPS) is 23.8. The molecular formula is C24H29FN4O4.